The van der Waals surface area contributed by atoms with Crippen molar-refractivity contribution in [2.75, 3.05) is 44.3 Å². The SMILES string of the molecule is CCN(CC)c1ccc(/C=N\NC2=IC(N3CCOCC3)=C(C)C=N2)c(O)c1. The van der Waals surface area contributed by atoms with Crippen molar-refractivity contribution in [2.24, 2.45) is 10.1 Å². The maximum atomic E-state index is 10.3. The first kappa shape index (κ1) is 20.8. The van der Waals surface area contributed by atoms with Crippen LogP contribution in [0.1, 0.15) is 26.3 Å². The van der Waals surface area contributed by atoms with Crippen molar-refractivity contribution in [3.8, 4) is 5.75 Å². The van der Waals surface area contributed by atoms with Gasteiger partial charge < -0.3 is 19.6 Å². The van der Waals surface area contributed by atoms with Crippen LogP contribution in [0.2, 0.25) is 0 Å². The maximum absolute atomic E-state index is 10.3. The van der Waals surface area contributed by atoms with Crippen LogP contribution in [-0.4, -0.2) is 65.6 Å². The summed E-state index contributed by atoms with van der Waals surface area (Å²) in [6.07, 6.45) is 3.55. The number of hydrogen-bond acceptors (Lipinski definition) is 7. The summed E-state index contributed by atoms with van der Waals surface area (Å²) in [5, 5.41) is 14.6. The molecule has 1 aromatic rings. The smallest absolute Gasteiger partial charge is 0.181 e. The minimum Gasteiger partial charge on any atom is -0.507 e. The molecular weight excluding hydrogens is 469 g/mol. The highest BCUT2D eigenvalue weighted by Crippen LogP contribution is 2.28. The third kappa shape index (κ3) is 5.11. The summed E-state index contributed by atoms with van der Waals surface area (Å²) in [4.78, 5) is 9.09. The number of allylic oxidation sites excluding steroid dienone is 1. The highest BCUT2D eigenvalue weighted by atomic mass is 127. The molecule has 2 aliphatic heterocycles. The molecule has 7 nitrogen and oxygen atoms in total. The number of phenolic OH excluding ortho intramolecular Hbond substituents is 1. The summed E-state index contributed by atoms with van der Waals surface area (Å²) in [5.74, 6) is 0.228. The Morgan fingerprint density at radius 2 is 2.07 bits per heavy atom. The number of aromatic hydroxyl groups is 1. The van der Waals surface area contributed by atoms with Crippen molar-refractivity contribution in [1.82, 2.24) is 10.3 Å². The van der Waals surface area contributed by atoms with E-state index >= 15 is 0 Å². The number of anilines is 1. The van der Waals surface area contributed by atoms with E-state index in [1.807, 2.05) is 18.3 Å². The van der Waals surface area contributed by atoms with E-state index in [-0.39, 0.29) is 5.75 Å². The molecule has 2 N–H and O–H groups in total. The van der Waals surface area contributed by atoms with Crippen LogP contribution in [0.25, 0.3) is 0 Å². The minimum atomic E-state index is -0.417. The zero-order chi connectivity index (χ0) is 19.9. The molecule has 1 aromatic carbocycles. The lowest BCUT2D eigenvalue weighted by Gasteiger charge is -2.31. The van der Waals surface area contributed by atoms with Gasteiger partial charge in [0.15, 0.2) is 3.76 Å². The Labute approximate surface area is 176 Å². The number of phenols is 1. The molecule has 28 heavy (non-hydrogen) atoms. The average Bonchev–Trinajstić information content (AvgIpc) is 2.72. The number of benzene rings is 1. The third-order valence-electron chi connectivity index (χ3n) is 4.67. The molecule has 1 fully saturated rings. The lowest BCUT2D eigenvalue weighted by atomic mass is 10.2. The largest absolute Gasteiger partial charge is 0.507 e. The van der Waals surface area contributed by atoms with Gasteiger partial charge in [-0.1, -0.05) is 0 Å². The summed E-state index contributed by atoms with van der Waals surface area (Å²) < 4.78 is 7.74. The quantitative estimate of drug-likeness (QED) is 0.263. The molecule has 0 unspecified atom stereocenters. The molecule has 0 amide bonds. The summed E-state index contributed by atoms with van der Waals surface area (Å²) in [5.41, 5.74) is 6.00. The molecule has 0 atom stereocenters. The monoisotopic (exact) mass is 497 g/mol. The average molecular weight is 497 g/mol. The lowest BCUT2D eigenvalue weighted by molar-refractivity contribution is 0.0583. The van der Waals surface area contributed by atoms with Crippen molar-refractivity contribution in [3.05, 3.63) is 33.0 Å². The van der Waals surface area contributed by atoms with Gasteiger partial charge in [-0.2, -0.15) is 5.10 Å². The highest BCUT2D eigenvalue weighted by Gasteiger charge is 2.17. The first-order valence-corrected chi connectivity index (χ1v) is 11.7. The first-order valence-electron chi connectivity index (χ1n) is 9.58. The first-order chi connectivity index (χ1) is 13.6. The standard InChI is InChI=1S/C20H28IN5O2/c1-4-25(5-2)17-7-6-16(18(27)12-17)14-23-24-20-21-19(15(3)13-22-20)26-8-10-28-11-9-26/h6-7,12-14,27H,4-5,8-11H2,1-3H3,(H,22,24)/b23-14-. The molecule has 0 aromatic heterocycles. The second-order valence-electron chi connectivity index (χ2n) is 6.50. The van der Waals surface area contributed by atoms with Crippen LogP contribution in [0.4, 0.5) is 5.69 Å². The number of hydrogen-bond donors (Lipinski definition) is 2. The van der Waals surface area contributed by atoms with E-state index in [0.717, 1.165) is 48.8 Å². The van der Waals surface area contributed by atoms with E-state index in [1.54, 1.807) is 12.3 Å². The summed E-state index contributed by atoms with van der Waals surface area (Å²) in [6, 6.07) is 5.69. The number of nitrogens with one attached hydrogen (secondary N) is 1. The number of aliphatic imine (C=N–C) groups is 1. The predicted octanol–water partition coefficient (Wildman–Crippen LogP) is 2.87. The zero-order valence-corrected chi connectivity index (χ0v) is 18.8. The van der Waals surface area contributed by atoms with E-state index < -0.39 is 20.7 Å². The van der Waals surface area contributed by atoms with E-state index in [1.165, 1.54) is 9.28 Å². The van der Waals surface area contributed by atoms with Gasteiger partial charge in [-0.05, 0) is 59.2 Å². The van der Waals surface area contributed by atoms with Crippen LogP contribution >= 0.6 is 20.7 Å². The molecule has 0 radical (unpaired) electrons. The number of morpholine rings is 1. The Kier molecular flexibility index (Phi) is 7.43. The highest BCUT2D eigenvalue weighted by molar-refractivity contribution is 14.2. The molecule has 0 saturated carbocycles. The Balaban J connectivity index is 1.66. The Morgan fingerprint density at radius 1 is 1.32 bits per heavy atom. The van der Waals surface area contributed by atoms with E-state index in [0.29, 0.717) is 5.56 Å². The van der Waals surface area contributed by atoms with E-state index in [9.17, 15) is 5.11 Å². The fraction of sp³-hybridized carbons (Fsp3) is 0.450. The molecule has 8 heteroatoms. The summed E-state index contributed by atoms with van der Waals surface area (Å²) in [6.45, 7) is 11.6. The maximum Gasteiger partial charge on any atom is 0.181 e. The van der Waals surface area contributed by atoms with Gasteiger partial charge in [0.1, 0.15) is 5.75 Å². The van der Waals surface area contributed by atoms with E-state index in [4.69, 9.17) is 4.74 Å². The molecule has 152 valence electrons. The Hall–Kier alpha value is -1.94. The van der Waals surface area contributed by atoms with Crippen molar-refractivity contribution in [3.63, 3.8) is 0 Å². The lowest BCUT2D eigenvalue weighted by Crippen LogP contribution is -2.35. The van der Waals surface area contributed by atoms with Crippen molar-refractivity contribution in [1.29, 1.82) is 0 Å². The summed E-state index contributed by atoms with van der Waals surface area (Å²) in [7, 11) is 0. The molecule has 2 heterocycles. The second kappa shape index (κ2) is 10.0. The van der Waals surface area contributed by atoms with Gasteiger partial charge in [0.05, 0.1) is 23.1 Å². The number of nitrogens with zero attached hydrogens (tertiary/aromatic N) is 4. The Morgan fingerprint density at radius 3 is 2.75 bits per heavy atom. The van der Waals surface area contributed by atoms with Crippen LogP contribution in [0.3, 0.4) is 0 Å². The van der Waals surface area contributed by atoms with Gasteiger partial charge in [-0.25, -0.2) is 4.99 Å². The van der Waals surface area contributed by atoms with Crippen LogP contribution < -0.4 is 10.3 Å². The molecule has 0 spiro atoms. The Bertz CT molecular complexity index is 809. The van der Waals surface area contributed by atoms with Gasteiger partial charge >= 0.3 is 0 Å². The van der Waals surface area contributed by atoms with Crippen molar-refractivity contribution >= 4 is 42.6 Å². The zero-order valence-electron chi connectivity index (χ0n) is 16.7. The van der Waals surface area contributed by atoms with Crippen LogP contribution in [0.15, 0.2) is 37.6 Å². The van der Waals surface area contributed by atoms with Gasteiger partial charge in [-0.15, -0.1) is 0 Å². The van der Waals surface area contributed by atoms with Gasteiger partial charge in [0.25, 0.3) is 0 Å². The van der Waals surface area contributed by atoms with Crippen molar-refractivity contribution in [2.45, 2.75) is 20.8 Å². The van der Waals surface area contributed by atoms with Crippen molar-refractivity contribution < 1.29 is 9.84 Å². The second-order valence-corrected chi connectivity index (χ2v) is 9.09. The van der Waals surface area contributed by atoms with Gasteiger partial charge in [-0.3, -0.25) is 5.43 Å². The fourth-order valence-corrected chi connectivity index (χ4v) is 5.50. The molecule has 2 aliphatic rings. The fourth-order valence-electron chi connectivity index (χ4n) is 3.09. The van der Waals surface area contributed by atoms with Crippen LogP contribution in [0, 0.1) is 0 Å². The molecule has 3 rings (SSSR count). The van der Waals surface area contributed by atoms with Crippen LogP contribution in [-0.2, 0) is 4.74 Å². The number of ether oxygens (including phenoxy) is 1. The summed E-state index contributed by atoms with van der Waals surface area (Å²) >= 11 is -0.417. The molecule has 0 bridgehead atoms. The number of hydrazone groups is 1. The third-order valence-corrected chi connectivity index (χ3v) is 7.74. The topological polar surface area (TPSA) is 72.7 Å². The van der Waals surface area contributed by atoms with Gasteiger partial charge in [0, 0.05) is 49.7 Å². The van der Waals surface area contributed by atoms with Crippen LogP contribution in [0.5, 0.6) is 5.75 Å². The minimum absolute atomic E-state index is 0.228. The van der Waals surface area contributed by atoms with E-state index in [2.05, 4.69) is 46.1 Å². The normalized spacial score (nSPS) is 17.5. The number of rotatable bonds is 7. The van der Waals surface area contributed by atoms with Gasteiger partial charge in [0.2, 0.25) is 0 Å². The molecular formula is C20H28IN5O2. The molecule has 0 aliphatic carbocycles. The number of halogens is 1. The predicted molar refractivity (Wildman–Crippen MR) is 125 cm³/mol. The molecule has 1 saturated heterocycles.